The number of carbonyl (C=O) groups is 2. The first-order valence-electron chi connectivity index (χ1n) is 8.89. The number of ketones is 1. The molecule has 0 atom stereocenters. The van der Waals surface area contributed by atoms with Gasteiger partial charge >= 0.3 is 0 Å². The van der Waals surface area contributed by atoms with E-state index < -0.39 is 0 Å². The van der Waals surface area contributed by atoms with E-state index in [1.54, 1.807) is 36.4 Å². The molecule has 0 aliphatic heterocycles. The van der Waals surface area contributed by atoms with Crippen molar-refractivity contribution in [1.82, 2.24) is 0 Å². The van der Waals surface area contributed by atoms with Gasteiger partial charge in [0.25, 0.3) is 5.91 Å². The number of aryl methyl sites for hydroxylation is 1. The molecule has 0 saturated heterocycles. The highest BCUT2D eigenvalue weighted by molar-refractivity contribution is 5.97. The molecule has 0 saturated carbocycles. The number of para-hydroxylation sites is 3. The van der Waals surface area contributed by atoms with Gasteiger partial charge in [0, 0.05) is 0 Å². The molecule has 3 rings (SSSR count). The largest absolute Gasteiger partial charge is 0.483 e. The SMILES string of the molecule is CC(=O)c1ccccc1OCC(=O)Nc1ccccc1Oc1ccc(C)cc1. The minimum absolute atomic E-state index is 0.118. The maximum Gasteiger partial charge on any atom is 0.262 e. The second-order valence-electron chi connectivity index (χ2n) is 6.30. The number of nitrogens with one attached hydrogen (secondary N) is 1. The van der Waals surface area contributed by atoms with Crippen molar-refractivity contribution in [3.8, 4) is 17.2 Å². The van der Waals surface area contributed by atoms with E-state index in [4.69, 9.17) is 9.47 Å². The lowest BCUT2D eigenvalue weighted by atomic mass is 10.1. The van der Waals surface area contributed by atoms with E-state index in [1.165, 1.54) is 6.92 Å². The molecule has 0 radical (unpaired) electrons. The third-order valence-electron chi connectivity index (χ3n) is 4.04. The van der Waals surface area contributed by atoms with E-state index in [0.29, 0.717) is 28.5 Å². The van der Waals surface area contributed by atoms with Crippen molar-refractivity contribution >= 4 is 17.4 Å². The molecular formula is C23H21NO4. The monoisotopic (exact) mass is 375 g/mol. The number of amides is 1. The maximum absolute atomic E-state index is 12.3. The van der Waals surface area contributed by atoms with Crippen molar-refractivity contribution in [3.05, 3.63) is 83.9 Å². The van der Waals surface area contributed by atoms with Crippen molar-refractivity contribution in [2.45, 2.75) is 13.8 Å². The summed E-state index contributed by atoms with van der Waals surface area (Å²) in [6.07, 6.45) is 0. The zero-order valence-corrected chi connectivity index (χ0v) is 15.8. The van der Waals surface area contributed by atoms with Crippen LogP contribution in [0.2, 0.25) is 0 Å². The van der Waals surface area contributed by atoms with Gasteiger partial charge in [-0.15, -0.1) is 0 Å². The van der Waals surface area contributed by atoms with Gasteiger partial charge in [-0.05, 0) is 50.2 Å². The number of anilines is 1. The molecule has 0 spiro atoms. The predicted octanol–water partition coefficient (Wildman–Crippen LogP) is 5.01. The molecule has 1 amide bonds. The third-order valence-corrected chi connectivity index (χ3v) is 4.04. The predicted molar refractivity (Wildman–Crippen MR) is 108 cm³/mol. The van der Waals surface area contributed by atoms with Crippen LogP contribution in [-0.2, 0) is 4.79 Å². The highest BCUT2D eigenvalue weighted by atomic mass is 16.5. The fraction of sp³-hybridized carbons (Fsp3) is 0.130. The molecule has 5 heteroatoms. The Labute approximate surface area is 163 Å². The molecule has 1 N–H and O–H groups in total. The van der Waals surface area contributed by atoms with Gasteiger partial charge in [0.15, 0.2) is 18.1 Å². The molecule has 0 aliphatic carbocycles. The third kappa shape index (κ3) is 4.98. The summed E-state index contributed by atoms with van der Waals surface area (Å²) in [5.74, 6) is 1.13. The van der Waals surface area contributed by atoms with E-state index in [1.807, 2.05) is 43.3 Å². The average molecular weight is 375 g/mol. The normalized spacial score (nSPS) is 10.2. The highest BCUT2D eigenvalue weighted by Gasteiger charge is 2.12. The second kappa shape index (κ2) is 8.86. The fourth-order valence-corrected chi connectivity index (χ4v) is 2.61. The first-order valence-corrected chi connectivity index (χ1v) is 8.89. The molecule has 0 aromatic heterocycles. The fourth-order valence-electron chi connectivity index (χ4n) is 2.61. The maximum atomic E-state index is 12.3. The summed E-state index contributed by atoms with van der Waals surface area (Å²) in [6.45, 7) is 3.24. The van der Waals surface area contributed by atoms with Gasteiger partial charge in [0.05, 0.1) is 11.3 Å². The van der Waals surface area contributed by atoms with Crippen LogP contribution in [0.1, 0.15) is 22.8 Å². The first-order chi connectivity index (χ1) is 13.5. The average Bonchev–Trinajstić information content (AvgIpc) is 2.70. The van der Waals surface area contributed by atoms with Crippen molar-refractivity contribution in [3.63, 3.8) is 0 Å². The number of hydrogen-bond donors (Lipinski definition) is 1. The Morgan fingerprint density at radius 3 is 2.21 bits per heavy atom. The second-order valence-corrected chi connectivity index (χ2v) is 6.30. The van der Waals surface area contributed by atoms with E-state index in [0.717, 1.165) is 5.56 Å². The molecular weight excluding hydrogens is 354 g/mol. The van der Waals surface area contributed by atoms with E-state index in [-0.39, 0.29) is 18.3 Å². The van der Waals surface area contributed by atoms with Crippen LogP contribution < -0.4 is 14.8 Å². The van der Waals surface area contributed by atoms with E-state index >= 15 is 0 Å². The molecule has 3 aromatic rings. The Bertz CT molecular complexity index is 980. The van der Waals surface area contributed by atoms with E-state index in [2.05, 4.69) is 5.32 Å². The van der Waals surface area contributed by atoms with Gasteiger partial charge in [0.1, 0.15) is 11.5 Å². The topological polar surface area (TPSA) is 64.6 Å². The Kier molecular flexibility index (Phi) is 6.07. The quantitative estimate of drug-likeness (QED) is 0.590. The van der Waals surface area contributed by atoms with Gasteiger partial charge in [-0.25, -0.2) is 0 Å². The van der Waals surface area contributed by atoms with Gasteiger partial charge in [-0.3, -0.25) is 9.59 Å². The van der Waals surface area contributed by atoms with Crippen LogP contribution in [0.5, 0.6) is 17.2 Å². The summed E-state index contributed by atoms with van der Waals surface area (Å²) in [5, 5.41) is 2.79. The summed E-state index contributed by atoms with van der Waals surface area (Å²) in [4.78, 5) is 24.0. The number of benzene rings is 3. The Hall–Kier alpha value is -3.60. The lowest BCUT2D eigenvalue weighted by Gasteiger charge is -2.13. The number of hydrogen-bond acceptors (Lipinski definition) is 4. The summed E-state index contributed by atoms with van der Waals surface area (Å²) < 4.78 is 11.4. The molecule has 0 heterocycles. The number of ether oxygens (including phenoxy) is 2. The van der Waals surface area contributed by atoms with Gasteiger partial charge in [-0.2, -0.15) is 0 Å². The zero-order chi connectivity index (χ0) is 19.9. The minimum Gasteiger partial charge on any atom is -0.483 e. The van der Waals surface area contributed by atoms with Crippen LogP contribution in [0.3, 0.4) is 0 Å². The highest BCUT2D eigenvalue weighted by Crippen LogP contribution is 2.29. The Morgan fingerprint density at radius 2 is 1.50 bits per heavy atom. The zero-order valence-electron chi connectivity index (χ0n) is 15.8. The number of Topliss-reactive ketones (excluding diaryl/α,β-unsaturated/α-hetero) is 1. The Balaban J connectivity index is 1.66. The lowest BCUT2D eigenvalue weighted by Crippen LogP contribution is -2.21. The molecule has 142 valence electrons. The number of rotatable bonds is 7. The minimum atomic E-state index is -0.349. The van der Waals surface area contributed by atoms with Gasteiger partial charge in [-0.1, -0.05) is 42.0 Å². The van der Waals surface area contributed by atoms with Crippen LogP contribution in [0.15, 0.2) is 72.8 Å². The van der Waals surface area contributed by atoms with Crippen LogP contribution in [0.4, 0.5) is 5.69 Å². The van der Waals surface area contributed by atoms with E-state index in [9.17, 15) is 9.59 Å². The lowest BCUT2D eigenvalue weighted by molar-refractivity contribution is -0.118. The standard InChI is InChI=1S/C23H21NO4/c1-16-11-13-18(14-12-16)28-22-10-6-4-8-20(22)24-23(26)15-27-21-9-5-3-7-19(21)17(2)25/h3-14H,15H2,1-2H3,(H,24,26). The summed E-state index contributed by atoms with van der Waals surface area (Å²) in [5.41, 5.74) is 2.12. The summed E-state index contributed by atoms with van der Waals surface area (Å²) in [6, 6.07) is 21.7. The molecule has 0 unspecified atom stereocenters. The molecule has 0 bridgehead atoms. The van der Waals surface area contributed by atoms with Crippen molar-refractivity contribution in [2.75, 3.05) is 11.9 Å². The van der Waals surface area contributed by atoms with Gasteiger partial charge < -0.3 is 14.8 Å². The van der Waals surface area contributed by atoms with Gasteiger partial charge in [0.2, 0.25) is 0 Å². The molecule has 0 aliphatic rings. The first kappa shape index (κ1) is 19.2. The van der Waals surface area contributed by atoms with Crippen LogP contribution in [0, 0.1) is 6.92 Å². The molecule has 0 fully saturated rings. The van der Waals surface area contributed by atoms with Crippen molar-refractivity contribution in [2.24, 2.45) is 0 Å². The Morgan fingerprint density at radius 1 is 0.857 bits per heavy atom. The van der Waals surface area contributed by atoms with Crippen molar-refractivity contribution < 1.29 is 19.1 Å². The molecule has 5 nitrogen and oxygen atoms in total. The molecule has 28 heavy (non-hydrogen) atoms. The smallest absolute Gasteiger partial charge is 0.262 e. The summed E-state index contributed by atoms with van der Waals surface area (Å²) in [7, 11) is 0. The van der Waals surface area contributed by atoms with Crippen LogP contribution >= 0.6 is 0 Å². The number of carbonyl (C=O) groups excluding carboxylic acids is 2. The summed E-state index contributed by atoms with van der Waals surface area (Å²) >= 11 is 0. The van der Waals surface area contributed by atoms with Crippen LogP contribution in [-0.4, -0.2) is 18.3 Å². The van der Waals surface area contributed by atoms with Crippen molar-refractivity contribution in [1.29, 1.82) is 0 Å². The molecule has 3 aromatic carbocycles. The van der Waals surface area contributed by atoms with Crippen LogP contribution in [0.25, 0.3) is 0 Å².